The van der Waals surface area contributed by atoms with E-state index in [0.717, 1.165) is 32.0 Å². The molecule has 22 heavy (non-hydrogen) atoms. The van der Waals surface area contributed by atoms with Crippen LogP contribution in [0.25, 0.3) is 0 Å². The number of ether oxygens (including phenoxy) is 1. The van der Waals surface area contributed by atoms with Crippen LogP contribution < -0.4 is 4.90 Å². The maximum Gasteiger partial charge on any atom is 0.163 e. The van der Waals surface area contributed by atoms with Crippen LogP contribution in [-0.4, -0.2) is 59.5 Å². The minimum Gasteiger partial charge on any atom is -0.373 e. The summed E-state index contributed by atoms with van der Waals surface area (Å²) in [6, 6.07) is 6.15. The lowest BCUT2D eigenvalue weighted by atomic mass is 10.1. The van der Waals surface area contributed by atoms with Gasteiger partial charge in [-0.25, -0.2) is 0 Å². The van der Waals surface area contributed by atoms with Crippen LogP contribution in [0.1, 0.15) is 32.4 Å². The van der Waals surface area contributed by atoms with Crippen LogP contribution in [0, 0.1) is 11.3 Å². The largest absolute Gasteiger partial charge is 0.373 e. The molecule has 0 bridgehead atoms. The average Bonchev–Trinajstić information content (AvgIpc) is 2.94. The van der Waals surface area contributed by atoms with Gasteiger partial charge in [-0.2, -0.15) is 5.26 Å². The average molecular weight is 301 g/mol. The molecule has 3 atom stereocenters. The van der Waals surface area contributed by atoms with Gasteiger partial charge < -0.3 is 9.64 Å². The Kier molecular flexibility index (Phi) is 4.55. The van der Waals surface area contributed by atoms with Gasteiger partial charge in [0.05, 0.1) is 12.2 Å². The molecule has 6 nitrogen and oxygen atoms in total. The number of aromatic nitrogens is 2. The van der Waals surface area contributed by atoms with Gasteiger partial charge in [0, 0.05) is 32.2 Å². The van der Waals surface area contributed by atoms with E-state index in [1.807, 2.05) is 12.1 Å². The van der Waals surface area contributed by atoms with Crippen LogP contribution in [0.4, 0.5) is 5.82 Å². The van der Waals surface area contributed by atoms with Crippen LogP contribution in [0.5, 0.6) is 0 Å². The zero-order chi connectivity index (χ0) is 15.5. The Morgan fingerprint density at radius 1 is 1.27 bits per heavy atom. The molecule has 2 saturated heterocycles. The lowest BCUT2D eigenvalue weighted by Crippen LogP contribution is -2.50. The highest BCUT2D eigenvalue weighted by Crippen LogP contribution is 2.25. The Balaban J connectivity index is 1.66. The van der Waals surface area contributed by atoms with Gasteiger partial charge in [0.1, 0.15) is 6.07 Å². The molecule has 2 aliphatic rings. The summed E-state index contributed by atoms with van der Waals surface area (Å²) < 4.78 is 5.81. The highest BCUT2D eigenvalue weighted by Gasteiger charge is 2.30. The van der Waals surface area contributed by atoms with Crippen molar-refractivity contribution in [3.63, 3.8) is 0 Å². The van der Waals surface area contributed by atoms with Gasteiger partial charge in [-0.15, -0.1) is 10.2 Å². The Morgan fingerprint density at radius 2 is 2.05 bits per heavy atom. The van der Waals surface area contributed by atoms with Crippen LogP contribution >= 0.6 is 0 Å². The number of hydrogen-bond acceptors (Lipinski definition) is 6. The van der Waals surface area contributed by atoms with Crippen LogP contribution in [0.2, 0.25) is 0 Å². The zero-order valence-corrected chi connectivity index (χ0v) is 13.3. The van der Waals surface area contributed by atoms with E-state index in [1.165, 1.54) is 12.8 Å². The van der Waals surface area contributed by atoms with Crippen molar-refractivity contribution < 1.29 is 4.74 Å². The Labute approximate surface area is 131 Å². The van der Waals surface area contributed by atoms with E-state index < -0.39 is 0 Å². The van der Waals surface area contributed by atoms with Crippen molar-refractivity contribution in [2.75, 3.05) is 31.1 Å². The van der Waals surface area contributed by atoms with E-state index in [-0.39, 0.29) is 0 Å². The Morgan fingerprint density at radius 3 is 2.68 bits per heavy atom. The molecule has 0 spiro atoms. The third-order valence-corrected chi connectivity index (χ3v) is 4.40. The minimum atomic E-state index is 0.299. The second-order valence-corrected chi connectivity index (χ2v) is 6.35. The summed E-state index contributed by atoms with van der Waals surface area (Å²) in [5.74, 6) is 0.885. The lowest BCUT2D eigenvalue weighted by Gasteiger charge is -2.38. The Bertz CT molecular complexity index is 530. The molecule has 0 amide bonds. The number of nitrogens with zero attached hydrogens (tertiary/aromatic N) is 5. The highest BCUT2D eigenvalue weighted by molar-refractivity contribution is 5.41. The first-order valence-electron chi connectivity index (χ1n) is 8.04. The van der Waals surface area contributed by atoms with Gasteiger partial charge in [0.25, 0.3) is 0 Å². The molecule has 0 N–H and O–H groups in total. The summed E-state index contributed by atoms with van der Waals surface area (Å²) in [6.07, 6.45) is 2.96. The molecule has 2 aliphatic heterocycles. The quantitative estimate of drug-likeness (QED) is 0.841. The SMILES string of the molecule is C[C@@H]1CN(C[C@@H]2CCCN2c2ccc(C#N)nn2)C[C@@H](C)O1. The summed E-state index contributed by atoms with van der Waals surface area (Å²) in [5.41, 5.74) is 0.371. The number of hydrogen-bond donors (Lipinski definition) is 0. The van der Waals surface area contributed by atoms with Crippen LogP contribution in [-0.2, 0) is 4.74 Å². The van der Waals surface area contributed by atoms with Gasteiger partial charge in [0.2, 0.25) is 0 Å². The fourth-order valence-electron chi connectivity index (χ4n) is 3.60. The summed E-state index contributed by atoms with van der Waals surface area (Å²) in [7, 11) is 0. The molecule has 1 aromatic rings. The maximum atomic E-state index is 8.83. The second-order valence-electron chi connectivity index (χ2n) is 6.35. The summed E-state index contributed by atoms with van der Waals surface area (Å²) in [4.78, 5) is 4.83. The first-order chi connectivity index (χ1) is 10.7. The molecular formula is C16H23N5O. The smallest absolute Gasteiger partial charge is 0.163 e. The highest BCUT2D eigenvalue weighted by atomic mass is 16.5. The molecule has 0 aliphatic carbocycles. The van der Waals surface area contributed by atoms with Crippen molar-refractivity contribution >= 4 is 5.82 Å². The van der Waals surface area contributed by atoms with Crippen LogP contribution in [0.3, 0.4) is 0 Å². The van der Waals surface area contributed by atoms with E-state index in [2.05, 4.69) is 33.8 Å². The van der Waals surface area contributed by atoms with E-state index in [0.29, 0.717) is 23.9 Å². The van der Waals surface area contributed by atoms with E-state index in [9.17, 15) is 0 Å². The van der Waals surface area contributed by atoms with Crippen molar-refractivity contribution in [3.05, 3.63) is 17.8 Å². The number of anilines is 1. The van der Waals surface area contributed by atoms with E-state index >= 15 is 0 Å². The molecule has 1 aromatic heterocycles. The van der Waals surface area contributed by atoms with Gasteiger partial charge in [-0.1, -0.05) is 0 Å². The first kappa shape index (κ1) is 15.2. The topological polar surface area (TPSA) is 65.3 Å². The van der Waals surface area contributed by atoms with Crippen molar-refractivity contribution in [3.8, 4) is 6.07 Å². The molecule has 2 fully saturated rings. The molecule has 118 valence electrons. The maximum absolute atomic E-state index is 8.83. The summed E-state index contributed by atoms with van der Waals surface area (Å²) in [5, 5.41) is 17.0. The van der Waals surface area contributed by atoms with E-state index in [4.69, 9.17) is 10.00 Å². The molecule has 0 unspecified atom stereocenters. The van der Waals surface area contributed by atoms with Crippen molar-refractivity contribution in [1.82, 2.24) is 15.1 Å². The predicted octanol–water partition coefficient (Wildman–Crippen LogP) is 1.43. The molecule has 3 heterocycles. The third kappa shape index (κ3) is 3.37. The van der Waals surface area contributed by atoms with Gasteiger partial charge in [-0.05, 0) is 38.8 Å². The van der Waals surface area contributed by atoms with Gasteiger partial charge in [-0.3, -0.25) is 4.90 Å². The predicted molar refractivity (Wildman–Crippen MR) is 83.6 cm³/mol. The normalized spacial score (nSPS) is 29.5. The second kappa shape index (κ2) is 6.59. The molecule has 0 radical (unpaired) electrons. The first-order valence-corrected chi connectivity index (χ1v) is 8.04. The van der Waals surface area contributed by atoms with E-state index in [1.54, 1.807) is 6.07 Å². The monoisotopic (exact) mass is 301 g/mol. The number of morpholine rings is 1. The lowest BCUT2D eigenvalue weighted by molar-refractivity contribution is -0.0689. The summed E-state index contributed by atoms with van der Waals surface area (Å²) in [6.45, 7) is 8.32. The molecule has 0 saturated carbocycles. The number of rotatable bonds is 3. The standard InChI is InChI=1S/C16H23N5O/c1-12-9-20(10-13(2)22-12)11-15-4-3-7-21(15)16-6-5-14(8-17)18-19-16/h5-6,12-13,15H,3-4,7,9-11H2,1-2H3/t12-,13-,15+/m1/s1. The molecule has 6 heteroatoms. The van der Waals surface area contributed by atoms with Crippen molar-refractivity contribution in [1.29, 1.82) is 5.26 Å². The zero-order valence-electron chi connectivity index (χ0n) is 13.3. The fourth-order valence-corrected chi connectivity index (χ4v) is 3.60. The van der Waals surface area contributed by atoms with Crippen LogP contribution in [0.15, 0.2) is 12.1 Å². The number of nitriles is 1. The van der Waals surface area contributed by atoms with Crippen molar-refractivity contribution in [2.45, 2.75) is 44.9 Å². The molecule has 3 rings (SSSR count). The fraction of sp³-hybridized carbons (Fsp3) is 0.688. The Hall–Kier alpha value is -1.71. The van der Waals surface area contributed by atoms with Gasteiger partial charge in [0.15, 0.2) is 11.5 Å². The third-order valence-electron chi connectivity index (χ3n) is 4.40. The summed E-state index contributed by atoms with van der Waals surface area (Å²) >= 11 is 0. The van der Waals surface area contributed by atoms with Crippen molar-refractivity contribution in [2.24, 2.45) is 0 Å². The van der Waals surface area contributed by atoms with Gasteiger partial charge >= 0.3 is 0 Å². The molecule has 0 aromatic carbocycles. The molecular weight excluding hydrogens is 278 g/mol. The minimum absolute atomic E-state index is 0.299.